The molecule has 1 aliphatic heterocycles. The summed E-state index contributed by atoms with van der Waals surface area (Å²) in [6, 6.07) is 4.16. The molecule has 2 aromatic heterocycles. The van der Waals surface area contributed by atoms with Crippen LogP contribution in [0.15, 0.2) is 22.7 Å². The number of β-amino-alcohol motifs (C(OH)–C–C–N with tert-alkyl or cyclic N) is 1. The van der Waals surface area contributed by atoms with Crippen molar-refractivity contribution in [3.8, 4) is 0 Å². The smallest absolute Gasteiger partial charge is 0.237 e. The number of nitrogens with zero attached hydrogens (tertiary/aromatic N) is 4. The van der Waals surface area contributed by atoms with Gasteiger partial charge in [-0.1, -0.05) is 0 Å². The van der Waals surface area contributed by atoms with E-state index in [1.807, 2.05) is 28.9 Å². The molecule has 8 heteroatoms. The first-order valence-electron chi connectivity index (χ1n) is 8.69. The second-order valence-electron chi connectivity index (χ2n) is 7.11. The van der Waals surface area contributed by atoms with Crippen molar-refractivity contribution in [2.24, 2.45) is 0 Å². The summed E-state index contributed by atoms with van der Waals surface area (Å²) >= 11 is 0. The summed E-state index contributed by atoms with van der Waals surface area (Å²) in [5, 5.41) is 21.0. The van der Waals surface area contributed by atoms with E-state index in [-0.39, 0.29) is 5.91 Å². The van der Waals surface area contributed by atoms with Crippen LogP contribution in [-0.4, -0.2) is 61.9 Å². The van der Waals surface area contributed by atoms with Gasteiger partial charge in [-0.05, 0) is 38.3 Å². The van der Waals surface area contributed by atoms with E-state index in [1.54, 1.807) is 6.20 Å². The predicted octanol–water partition coefficient (Wildman–Crippen LogP) is 0.791. The minimum atomic E-state index is -1.03. The molecule has 8 nitrogen and oxygen atoms in total. The fourth-order valence-electron chi connectivity index (χ4n) is 3.47. The molecule has 1 saturated heterocycles. The second-order valence-corrected chi connectivity index (χ2v) is 7.11. The minimum absolute atomic E-state index is 0.0842. The summed E-state index contributed by atoms with van der Waals surface area (Å²) in [6.07, 6.45) is 4.19. The van der Waals surface area contributed by atoms with Gasteiger partial charge in [-0.15, -0.1) is 0 Å². The molecule has 3 heterocycles. The number of aromatic amines is 1. The van der Waals surface area contributed by atoms with Crippen molar-refractivity contribution in [3.63, 3.8) is 0 Å². The quantitative estimate of drug-likeness (QED) is 0.803. The molecule has 4 rings (SSSR count). The van der Waals surface area contributed by atoms with E-state index in [9.17, 15) is 9.90 Å². The number of hydrogen-bond donors (Lipinski definition) is 2. The maximum absolute atomic E-state index is 12.8. The number of aromatic nitrogens is 3. The lowest BCUT2D eigenvalue weighted by Gasteiger charge is -2.25. The molecule has 1 saturated carbocycles. The molecule has 1 atom stereocenters. The molecular weight excluding hydrogens is 322 g/mol. The monoisotopic (exact) mass is 345 g/mol. The van der Waals surface area contributed by atoms with Gasteiger partial charge in [0.2, 0.25) is 5.91 Å². The molecule has 0 bridgehead atoms. The Balaban J connectivity index is 1.39. The summed E-state index contributed by atoms with van der Waals surface area (Å²) in [5.74, 6) is 1.76. The Hall–Kier alpha value is -2.19. The third kappa shape index (κ3) is 3.45. The van der Waals surface area contributed by atoms with Crippen molar-refractivity contribution >= 4 is 5.91 Å². The second kappa shape index (κ2) is 6.27. The minimum Gasteiger partial charge on any atom is -0.464 e. The lowest BCUT2D eigenvalue weighted by molar-refractivity contribution is -0.133. The maximum atomic E-state index is 12.8. The van der Waals surface area contributed by atoms with E-state index in [1.165, 1.54) is 0 Å². The number of furan rings is 1. The lowest BCUT2D eigenvalue weighted by Crippen LogP contribution is -2.41. The average molecular weight is 345 g/mol. The number of nitrogens with one attached hydrogen (secondary N) is 1. The van der Waals surface area contributed by atoms with Crippen LogP contribution in [0.3, 0.4) is 0 Å². The average Bonchev–Trinajstić information content (AvgIpc) is 2.98. The number of carbonyl (C=O) groups is 1. The Bertz CT molecular complexity index is 739. The van der Waals surface area contributed by atoms with Crippen LogP contribution in [-0.2, 0) is 16.9 Å². The van der Waals surface area contributed by atoms with Gasteiger partial charge in [-0.25, -0.2) is 0 Å². The maximum Gasteiger partial charge on any atom is 0.237 e. The van der Waals surface area contributed by atoms with E-state index < -0.39 is 5.60 Å². The largest absolute Gasteiger partial charge is 0.464 e. The SMILES string of the molecule is Cc1ccc(CN(C(=O)CN2CC[C@@](O)(c3cn[nH]n3)C2)C2CC2)o1. The van der Waals surface area contributed by atoms with E-state index >= 15 is 0 Å². The molecule has 2 N–H and O–H groups in total. The number of rotatable bonds is 6. The molecule has 2 aromatic rings. The zero-order valence-corrected chi connectivity index (χ0v) is 14.3. The van der Waals surface area contributed by atoms with Crippen molar-refractivity contribution in [1.29, 1.82) is 0 Å². The fraction of sp³-hybridized carbons (Fsp3) is 0.588. The Kier molecular flexibility index (Phi) is 4.09. The molecule has 0 spiro atoms. The first-order chi connectivity index (χ1) is 12.0. The molecule has 25 heavy (non-hydrogen) atoms. The topological polar surface area (TPSA) is 98.5 Å². The number of likely N-dealkylation sites (tertiary alicyclic amines) is 1. The van der Waals surface area contributed by atoms with Crippen LogP contribution in [0.25, 0.3) is 0 Å². The first kappa shape index (κ1) is 16.3. The van der Waals surface area contributed by atoms with E-state index in [4.69, 9.17) is 4.42 Å². The Labute approximate surface area is 145 Å². The van der Waals surface area contributed by atoms with Gasteiger partial charge in [0.25, 0.3) is 0 Å². The van der Waals surface area contributed by atoms with Gasteiger partial charge in [0.1, 0.15) is 22.8 Å². The number of aliphatic hydroxyl groups is 1. The van der Waals surface area contributed by atoms with Gasteiger partial charge in [-0.2, -0.15) is 15.4 Å². The Morgan fingerprint density at radius 2 is 2.36 bits per heavy atom. The predicted molar refractivity (Wildman–Crippen MR) is 88.4 cm³/mol. The molecular formula is C17H23N5O3. The summed E-state index contributed by atoms with van der Waals surface area (Å²) in [7, 11) is 0. The molecule has 0 radical (unpaired) electrons. The van der Waals surface area contributed by atoms with E-state index in [0.717, 1.165) is 24.4 Å². The van der Waals surface area contributed by atoms with Crippen LogP contribution < -0.4 is 0 Å². The van der Waals surface area contributed by atoms with Crippen molar-refractivity contribution in [2.45, 2.75) is 44.4 Å². The fourth-order valence-corrected chi connectivity index (χ4v) is 3.47. The van der Waals surface area contributed by atoms with Crippen LogP contribution in [0.4, 0.5) is 0 Å². The highest BCUT2D eigenvalue weighted by atomic mass is 16.3. The standard InChI is InChI=1S/C17H23N5O3/c1-12-2-5-14(25-12)9-22(13-3-4-13)16(23)10-21-7-6-17(24,11-21)15-8-18-20-19-15/h2,5,8,13,24H,3-4,6-7,9-11H2,1H3,(H,18,19,20)/t17-/m0/s1. The normalized spacial score (nSPS) is 23.9. The number of carbonyl (C=O) groups excluding carboxylic acids is 1. The molecule has 1 amide bonds. The van der Waals surface area contributed by atoms with Gasteiger partial charge in [0.05, 0.1) is 19.3 Å². The van der Waals surface area contributed by atoms with Crippen molar-refractivity contribution < 1.29 is 14.3 Å². The van der Waals surface area contributed by atoms with Crippen LogP contribution in [0, 0.1) is 6.92 Å². The Morgan fingerprint density at radius 3 is 3.00 bits per heavy atom. The van der Waals surface area contributed by atoms with Gasteiger partial charge in [-0.3, -0.25) is 9.69 Å². The zero-order chi connectivity index (χ0) is 17.4. The molecule has 2 aliphatic rings. The Morgan fingerprint density at radius 1 is 1.52 bits per heavy atom. The molecule has 134 valence electrons. The molecule has 0 aromatic carbocycles. The summed E-state index contributed by atoms with van der Waals surface area (Å²) in [4.78, 5) is 16.7. The number of amides is 1. The van der Waals surface area contributed by atoms with Crippen LogP contribution >= 0.6 is 0 Å². The lowest BCUT2D eigenvalue weighted by atomic mass is 10.0. The number of H-pyrrole nitrogens is 1. The number of hydrogen-bond acceptors (Lipinski definition) is 6. The van der Waals surface area contributed by atoms with Crippen molar-refractivity contribution in [2.75, 3.05) is 19.6 Å². The zero-order valence-electron chi connectivity index (χ0n) is 14.3. The first-order valence-corrected chi connectivity index (χ1v) is 8.69. The summed E-state index contributed by atoms with van der Waals surface area (Å²) in [6.45, 7) is 3.77. The molecule has 0 unspecified atom stereocenters. The van der Waals surface area contributed by atoms with Crippen molar-refractivity contribution in [1.82, 2.24) is 25.2 Å². The molecule has 2 fully saturated rings. The highest BCUT2D eigenvalue weighted by Crippen LogP contribution is 2.32. The van der Waals surface area contributed by atoms with Gasteiger partial charge >= 0.3 is 0 Å². The molecule has 1 aliphatic carbocycles. The van der Waals surface area contributed by atoms with Crippen LogP contribution in [0.1, 0.15) is 36.5 Å². The van der Waals surface area contributed by atoms with E-state index in [0.29, 0.717) is 44.3 Å². The highest BCUT2D eigenvalue weighted by molar-refractivity contribution is 5.79. The van der Waals surface area contributed by atoms with E-state index in [2.05, 4.69) is 15.4 Å². The van der Waals surface area contributed by atoms with Gasteiger partial charge in [0, 0.05) is 19.1 Å². The summed E-state index contributed by atoms with van der Waals surface area (Å²) < 4.78 is 5.63. The highest BCUT2D eigenvalue weighted by Gasteiger charge is 2.41. The van der Waals surface area contributed by atoms with Crippen molar-refractivity contribution in [3.05, 3.63) is 35.5 Å². The number of aryl methyl sites for hydroxylation is 1. The third-order valence-electron chi connectivity index (χ3n) is 5.01. The van der Waals surface area contributed by atoms with Crippen LogP contribution in [0.2, 0.25) is 0 Å². The summed E-state index contributed by atoms with van der Waals surface area (Å²) in [5.41, 5.74) is -0.497. The van der Waals surface area contributed by atoms with Gasteiger partial charge < -0.3 is 14.4 Å². The third-order valence-corrected chi connectivity index (χ3v) is 5.01. The van der Waals surface area contributed by atoms with Crippen LogP contribution in [0.5, 0.6) is 0 Å². The van der Waals surface area contributed by atoms with Gasteiger partial charge in [0.15, 0.2) is 0 Å².